The van der Waals surface area contributed by atoms with Gasteiger partial charge >= 0.3 is 0 Å². The van der Waals surface area contributed by atoms with Crippen molar-refractivity contribution in [1.29, 1.82) is 0 Å². The van der Waals surface area contributed by atoms with E-state index in [-0.39, 0.29) is 5.82 Å². The van der Waals surface area contributed by atoms with E-state index >= 15 is 0 Å². The highest BCUT2D eigenvalue weighted by atomic mass is 19.1. The van der Waals surface area contributed by atoms with Crippen molar-refractivity contribution in [1.82, 2.24) is 0 Å². The zero-order valence-corrected chi connectivity index (χ0v) is 10.6. The number of halogens is 1. The molecule has 2 rings (SSSR count). The SMILES string of the molecule is CC(C)c1ccccc1Nc1c(N)cccc1F. The molecule has 0 aliphatic rings. The molecule has 0 radical (unpaired) electrons. The molecule has 0 heterocycles. The Morgan fingerprint density at radius 3 is 2.44 bits per heavy atom. The second kappa shape index (κ2) is 5.08. The molecule has 18 heavy (non-hydrogen) atoms. The van der Waals surface area contributed by atoms with Gasteiger partial charge in [-0.1, -0.05) is 38.1 Å². The number of rotatable bonds is 3. The Morgan fingerprint density at radius 1 is 1.06 bits per heavy atom. The van der Waals surface area contributed by atoms with Gasteiger partial charge in [0.1, 0.15) is 5.82 Å². The summed E-state index contributed by atoms with van der Waals surface area (Å²) in [4.78, 5) is 0. The Kier molecular flexibility index (Phi) is 3.51. The molecule has 0 amide bonds. The third-order valence-electron chi connectivity index (χ3n) is 2.89. The number of hydrogen-bond acceptors (Lipinski definition) is 2. The summed E-state index contributed by atoms with van der Waals surface area (Å²) < 4.78 is 13.7. The first-order chi connectivity index (χ1) is 8.59. The van der Waals surface area contributed by atoms with Gasteiger partial charge in [0, 0.05) is 5.69 Å². The van der Waals surface area contributed by atoms with Crippen LogP contribution in [0.1, 0.15) is 25.3 Å². The van der Waals surface area contributed by atoms with Gasteiger partial charge in [-0.3, -0.25) is 0 Å². The maximum Gasteiger partial charge on any atom is 0.148 e. The molecule has 0 fully saturated rings. The predicted octanol–water partition coefficient (Wildman–Crippen LogP) is 4.27. The quantitative estimate of drug-likeness (QED) is 0.791. The van der Waals surface area contributed by atoms with E-state index in [4.69, 9.17) is 5.73 Å². The van der Waals surface area contributed by atoms with E-state index in [0.717, 1.165) is 11.3 Å². The molecule has 2 nitrogen and oxygen atoms in total. The predicted molar refractivity (Wildman–Crippen MR) is 74.6 cm³/mol. The van der Waals surface area contributed by atoms with Crippen LogP contribution in [0.25, 0.3) is 0 Å². The lowest BCUT2D eigenvalue weighted by molar-refractivity contribution is 0.632. The van der Waals surface area contributed by atoms with E-state index in [2.05, 4.69) is 19.2 Å². The molecule has 2 aromatic rings. The van der Waals surface area contributed by atoms with Gasteiger partial charge in [0.05, 0.1) is 11.4 Å². The Hall–Kier alpha value is -2.03. The molecule has 0 atom stereocenters. The number of nitrogens with one attached hydrogen (secondary N) is 1. The van der Waals surface area contributed by atoms with Gasteiger partial charge in [0.2, 0.25) is 0 Å². The van der Waals surface area contributed by atoms with Crippen molar-refractivity contribution >= 4 is 17.1 Å². The van der Waals surface area contributed by atoms with E-state index in [1.807, 2.05) is 24.3 Å². The molecule has 3 N–H and O–H groups in total. The number of para-hydroxylation sites is 2. The number of hydrogen-bond donors (Lipinski definition) is 2. The highest BCUT2D eigenvalue weighted by molar-refractivity contribution is 5.74. The van der Waals surface area contributed by atoms with Crippen LogP contribution >= 0.6 is 0 Å². The average molecular weight is 244 g/mol. The zero-order chi connectivity index (χ0) is 13.1. The fourth-order valence-electron chi connectivity index (χ4n) is 1.92. The van der Waals surface area contributed by atoms with Gasteiger partial charge in [-0.25, -0.2) is 4.39 Å². The Balaban J connectivity index is 2.40. The van der Waals surface area contributed by atoms with Crippen LogP contribution in [0.3, 0.4) is 0 Å². The molecule has 3 heteroatoms. The smallest absolute Gasteiger partial charge is 0.148 e. The molecule has 0 saturated heterocycles. The topological polar surface area (TPSA) is 38.0 Å². The van der Waals surface area contributed by atoms with Crippen LogP contribution in [-0.4, -0.2) is 0 Å². The monoisotopic (exact) mass is 244 g/mol. The summed E-state index contributed by atoms with van der Waals surface area (Å²) in [5.74, 6) is 0.0234. The molecule has 0 saturated carbocycles. The largest absolute Gasteiger partial charge is 0.397 e. The summed E-state index contributed by atoms with van der Waals surface area (Å²) >= 11 is 0. The average Bonchev–Trinajstić information content (AvgIpc) is 2.34. The standard InChI is InChI=1S/C15H17FN2/c1-10(2)11-6-3-4-9-14(11)18-15-12(16)7-5-8-13(15)17/h3-10,18H,17H2,1-2H3. The maximum atomic E-state index is 13.7. The molecule has 0 unspecified atom stereocenters. The van der Waals surface area contributed by atoms with E-state index in [0.29, 0.717) is 17.3 Å². The van der Waals surface area contributed by atoms with Crippen LogP contribution in [0.2, 0.25) is 0 Å². The van der Waals surface area contributed by atoms with Crippen molar-refractivity contribution in [2.75, 3.05) is 11.1 Å². The Labute approximate surface area is 107 Å². The zero-order valence-electron chi connectivity index (χ0n) is 10.6. The van der Waals surface area contributed by atoms with E-state index in [1.54, 1.807) is 12.1 Å². The van der Waals surface area contributed by atoms with Crippen molar-refractivity contribution in [2.45, 2.75) is 19.8 Å². The van der Waals surface area contributed by atoms with Gasteiger partial charge in [0.15, 0.2) is 0 Å². The lowest BCUT2D eigenvalue weighted by Crippen LogP contribution is -2.02. The van der Waals surface area contributed by atoms with E-state index in [9.17, 15) is 4.39 Å². The van der Waals surface area contributed by atoms with Gasteiger partial charge < -0.3 is 11.1 Å². The molecule has 0 aromatic heterocycles. The Morgan fingerprint density at radius 2 is 1.78 bits per heavy atom. The number of nitrogens with two attached hydrogens (primary N) is 1. The molecule has 2 aromatic carbocycles. The normalized spacial score (nSPS) is 10.7. The summed E-state index contributed by atoms with van der Waals surface area (Å²) in [7, 11) is 0. The van der Waals surface area contributed by atoms with Crippen molar-refractivity contribution in [3.05, 3.63) is 53.8 Å². The number of nitrogen functional groups attached to an aromatic ring is 1. The second-order valence-electron chi connectivity index (χ2n) is 4.57. The van der Waals surface area contributed by atoms with Crippen molar-refractivity contribution in [3.63, 3.8) is 0 Å². The summed E-state index contributed by atoms with van der Waals surface area (Å²) in [6, 6.07) is 12.5. The summed E-state index contributed by atoms with van der Waals surface area (Å²) in [5, 5.41) is 3.09. The fourth-order valence-corrected chi connectivity index (χ4v) is 1.92. The second-order valence-corrected chi connectivity index (χ2v) is 4.57. The molecule has 0 aliphatic heterocycles. The van der Waals surface area contributed by atoms with Gasteiger partial charge in [-0.15, -0.1) is 0 Å². The van der Waals surface area contributed by atoms with E-state index in [1.165, 1.54) is 6.07 Å². The van der Waals surface area contributed by atoms with Gasteiger partial charge in [-0.05, 0) is 29.7 Å². The highest BCUT2D eigenvalue weighted by Crippen LogP contribution is 2.30. The van der Waals surface area contributed by atoms with Crippen LogP contribution in [0.5, 0.6) is 0 Å². The summed E-state index contributed by atoms with van der Waals surface area (Å²) in [6.45, 7) is 4.20. The van der Waals surface area contributed by atoms with Crippen LogP contribution in [0.4, 0.5) is 21.5 Å². The van der Waals surface area contributed by atoms with Crippen LogP contribution < -0.4 is 11.1 Å². The minimum absolute atomic E-state index is 0.339. The summed E-state index contributed by atoms with van der Waals surface area (Å²) in [5.41, 5.74) is 8.57. The first-order valence-electron chi connectivity index (χ1n) is 5.99. The minimum atomic E-state index is -0.339. The number of benzene rings is 2. The first kappa shape index (κ1) is 12.4. The van der Waals surface area contributed by atoms with Gasteiger partial charge in [-0.2, -0.15) is 0 Å². The van der Waals surface area contributed by atoms with Crippen molar-refractivity contribution in [2.24, 2.45) is 0 Å². The van der Waals surface area contributed by atoms with Gasteiger partial charge in [0.25, 0.3) is 0 Å². The lowest BCUT2D eigenvalue weighted by atomic mass is 10.0. The molecule has 0 bridgehead atoms. The third kappa shape index (κ3) is 2.45. The molecule has 0 aliphatic carbocycles. The molecular weight excluding hydrogens is 227 g/mol. The molecular formula is C15H17FN2. The van der Waals surface area contributed by atoms with E-state index < -0.39 is 0 Å². The first-order valence-corrected chi connectivity index (χ1v) is 5.99. The van der Waals surface area contributed by atoms with Crippen LogP contribution in [0, 0.1) is 5.82 Å². The van der Waals surface area contributed by atoms with Crippen molar-refractivity contribution in [3.8, 4) is 0 Å². The maximum absolute atomic E-state index is 13.7. The van der Waals surface area contributed by atoms with Crippen molar-refractivity contribution < 1.29 is 4.39 Å². The Bertz CT molecular complexity index is 530. The minimum Gasteiger partial charge on any atom is -0.397 e. The van der Waals surface area contributed by atoms with Crippen LogP contribution in [-0.2, 0) is 0 Å². The lowest BCUT2D eigenvalue weighted by Gasteiger charge is -2.16. The molecule has 94 valence electrons. The fraction of sp³-hybridized carbons (Fsp3) is 0.200. The van der Waals surface area contributed by atoms with Crippen LogP contribution in [0.15, 0.2) is 42.5 Å². The number of anilines is 3. The summed E-state index contributed by atoms with van der Waals surface area (Å²) in [6.07, 6.45) is 0. The highest BCUT2D eigenvalue weighted by Gasteiger charge is 2.10. The third-order valence-corrected chi connectivity index (χ3v) is 2.89. The molecule has 0 spiro atoms.